The molecule has 1 atom stereocenters. The summed E-state index contributed by atoms with van der Waals surface area (Å²) in [6, 6.07) is 5.78. The van der Waals surface area contributed by atoms with E-state index in [1.54, 1.807) is 15.6 Å². The molecular weight excluding hydrogens is 440 g/mol. The van der Waals surface area contributed by atoms with Crippen LogP contribution in [0.1, 0.15) is 35.7 Å². The molecule has 0 saturated carbocycles. The van der Waals surface area contributed by atoms with Gasteiger partial charge in [-0.1, -0.05) is 11.6 Å². The van der Waals surface area contributed by atoms with Crippen molar-refractivity contribution < 1.29 is 4.74 Å². The molecule has 1 unspecified atom stereocenters. The first-order chi connectivity index (χ1) is 15.9. The van der Waals surface area contributed by atoms with Gasteiger partial charge in [0.2, 0.25) is 0 Å². The molecule has 0 amide bonds. The molecule has 0 spiro atoms. The molecule has 1 aliphatic rings. The van der Waals surface area contributed by atoms with Crippen molar-refractivity contribution in [2.24, 2.45) is 0 Å². The lowest BCUT2D eigenvalue weighted by molar-refractivity contribution is 0.222. The Morgan fingerprint density at radius 3 is 2.79 bits per heavy atom. The van der Waals surface area contributed by atoms with E-state index >= 15 is 0 Å². The minimum atomic E-state index is -0.333. The fourth-order valence-corrected chi connectivity index (χ4v) is 4.40. The molecule has 10 heteroatoms. The van der Waals surface area contributed by atoms with Crippen LogP contribution in [0.5, 0.6) is 5.75 Å². The molecule has 0 fully saturated rings. The molecule has 4 aromatic rings. The zero-order valence-electron chi connectivity index (χ0n) is 18.7. The van der Waals surface area contributed by atoms with Crippen molar-refractivity contribution >= 4 is 17.1 Å². The molecule has 0 saturated heterocycles. The van der Waals surface area contributed by atoms with Gasteiger partial charge >= 0.3 is 0 Å². The standard InChI is InChI=1S/C23H23ClN8O/c1-14-4-5-19(28-27-14)16(3)33-21-10-17(12-32-23(21)18(24)11-26-32)22-15(2)20-6-7-30(13-25)8-9-31(20)29-22/h4-5,10-12,16H,6-9H2,1-3H3. The third-order valence-corrected chi connectivity index (χ3v) is 6.28. The fourth-order valence-electron chi connectivity index (χ4n) is 4.17. The Hall–Kier alpha value is -3.64. The molecule has 0 bridgehead atoms. The third-order valence-electron chi connectivity index (χ3n) is 6.01. The minimum absolute atomic E-state index is 0.333. The molecule has 0 aliphatic carbocycles. The van der Waals surface area contributed by atoms with Crippen LogP contribution < -0.4 is 4.74 Å². The maximum atomic E-state index is 9.24. The third kappa shape index (κ3) is 3.87. The number of nitriles is 1. The second-order valence-electron chi connectivity index (χ2n) is 8.22. The Balaban J connectivity index is 1.55. The molecule has 5 heterocycles. The molecule has 9 nitrogen and oxygen atoms in total. The van der Waals surface area contributed by atoms with Crippen molar-refractivity contribution in [3.05, 3.63) is 58.3 Å². The first kappa shape index (κ1) is 21.2. The summed E-state index contributed by atoms with van der Waals surface area (Å²) in [5, 5.41) is 27.4. The smallest absolute Gasteiger partial charge is 0.179 e. The zero-order valence-corrected chi connectivity index (χ0v) is 19.4. The van der Waals surface area contributed by atoms with Gasteiger partial charge in [-0.2, -0.15) is 25.7 Å². The van der Waals surface area contributed by atoms with Gasteiger partial charge in [0.1, 0.15) is 23.1 Å². The lowest BCUT2D eigenvalue weighted by atomic mass is 10.1. The van der Waals surface area contributed by atoms with Crippen LogP contribution in [0.15, 0.2) is 30.6 Å². The van der Waals surface area contributed by atoms with E-state index in [4.69, 9.17) is 21.4 Å². The highest BCUT2D eigenvalue weighted by Crippen LogP contribution is 2.35. The van der Waals surface area contributed by atoms with E-state index in [9.17, 15) is 5.26 Å². The Labute approximate surface area is 196 Å². The van der Waals surface area contributed by atoms with Gasteiger partial charge in [-0.25, -0.2) is 4.52 Å². The quantitative estimate of drug-likeness (QED) is 0.426. The van der Waals surface area contributed by atoms with Gasteiger partial charge in [0, 0.05) is 37.0 Å². The van der Waals surface area contributed by atoms with Crippen molar-refractivity contribution in [1.29, 1.82) is 5.26 Å². The first-order valence-electron chi connectivity index (χ1n) is 10.8. The highest BCUT2D eigenvalue weighted by molar-refractivity contribution is 6.34. The summed E-state index contributed by atoms with van der Waals surface area (Å²) in [7, 11) is 0. The minimum Gasteiger partial charge on any atom is -0.482 e. The number of ether oxygens (including phenoxy) is 1. The predicted molar refractivity (Wildman–Crippen MR) is 123 cm³/mol. The highest BCUT2D eigenvalue weighted by Gasteiger charge is 2.22. The lowest BCUT2D eigenvalue weighted by Crippen LogP contribution is -2.21. The zero-order chi connectivity index (χ0) is 23.1. The number of pyridine rings is 1. The highest BCUT2D eigenvalue weighted by atomic mass is 35.5. The molecule has 4 aromatic heterocycles. The molecule has 0 N–H and O–H groups in total. The number of aromatic nitrogens is 6. The number of nitrogens with zero attached hydrogens (tertiary/aromatic N) is 8. The van der Waals surface area contributed by atoms with Crippen LogP contribution in [0.4, 0.5) is 0 Å². The van der Waals surface area contributed by atoms with Crippen molar-refractivity contribution in [2.75, 3.05) is 13.1 Å². The number of fused-ring (bicyclic) bond motifs is 2. The average Bonchev–Trinajstić information content (AvgIpc) is 3.25. The van der Waals surface area contributed by atoms with Gasteiger partial charge in [0.25, 0.3) is 0 Å². The maximum Gasteiger partial charge on any atom is 0.179 e. The summed E-state index contributed by atoms with van der Waals surface area (Å²) >= 11 is 6.44. The van der Waals surface area contributed by atoms with Gasteiger partial charge in [0.05, 0.1) is 29.2 Å². The summed E-state index contributed by atoms with van der Waals surface area (Å²) in [5.74, 6) is 0.600. The van der Waals surface area contributed by atoms with Crippen LogP contribution in [0.2, 0.25) is 5.02 Å². The number of aryl methyl sites for hydroxylation is 1. The maximum absolute atomic E-state index is 9.24. The summed E-state index contributed by atoms with van der Waals surface area (Å²) in [6.07, 6.45) is 6.20. The van der Waals surface area contributed by atoms with Crippen LogP contribution in [-0.2, 0) is 13.0 Å². The van der Waals surface area contributed by atoms with E-state index < -0.39 is 0 Å². The van der Waals surface area contributed by atoms with E-state index in [1.165, 1.54) is 0 Å². The van der Waals surface area contributed by atoms with Gasteiger partial charge in [-0.05, 0) is 44.5 Å². The Morgan fingerprint density at radius 1 is 1.18 bits per heavy atom. The topological polar surface area (TPSA) is 97.2 Å². The number of hydrogen-bond acceptors (Lipinski definition) is 7. The lowest BCUT2D eigenvalue weighted by Gasteiger charge is -2.16. The van der Waals surface area contributed by atoms with Crippen molar-refractivity contribution in [2.45, 2.75) is 39.8 Å². The molecule has 168 valence electrons. The average molecular weight is 463 g/mol. The van der Waals surface area contributed by atoms with Crippen molar-refractivity contribution in [3.8, 4) is 23.2 Å². The second-order valence-corrected chi connectivity index (χ2v) is 8.63. The van der Waals surface area contributed by atoms with E-state index in [2.05, 4.69) is 28.4 Å². The molecule has 33 heavy (non-hydrogen) atoms. The van der Waals surface area contributed by atoms with Crippen LogP contribution >= 0.6 is 11.6 Å². The van der Waals surface area contributed by atoms with E-state index in [0.717, 1.165) is 40.3 Å². The Kier molecular flexibility index (Phi) is 5.38. The normalized spacial score (nSPS) is 14.6. The van der Waals surface area contributed by atoms with Crippen LogP contribution in [0, 0.1) is 25.3 Å². The van der Waals surface area contributed by atoms with E-state index in [1.807, 2.05) is 42.9 Å². The van der Waals surface area contributed by atoms with Crippen LogP contribution in [0.25, 0.3) is 16.8 Å². The fraction of sp³-hybridized carbons (Fsp3) is 0.348. The summed E-state index contributed by atoms with van der Waals surface area (Å²) < 4.78 is 10.1. The predicted octanol–water partition coefficient (Wildman–Crippen LogP) is 3.74. The van der Waals surface area contributed by atoms with E-state index in [-0.39, 0.29) is 6.10 Å². The molecule has 5 rings (SSSR count). The summed E-state index contributed by atoms with van der Waals surface area (Å²) in [5.41, 5.74) is 6.26. The monoisotopic (exact) mass is 462 g/mol. The largest absolute Gasteiger partial charge is 0.482 e. The number of rotatable bonds is 4. The SMILES string of the molecule is Cc1ccc(C(C)Oc2cc(-c3nn4c(c3C)CCN(C#N)CC4)cn3ncc(Cl)c23)nn1. The Morgan fingerprint density at radius 2 is 2.03 bits per heavy atom. The Bertz CT molecular complexity index is 1370. The number of hydrogen-bond donors (Lipinski definition) is 0. The summed E-state index contributed by atoms with van der Waals surface area (Å²) in [6.45, 7) is 7.92. The van der Waals surface area contributed by atoms with Crippen LogP contribution in [0.3, 0.4) is 0 Å². The van der Waals surface area contributed by atoms with Crippen molar-refractivity contribution in [1.82, 2.24) is 34.5 Å². The van der Waals surface area contributed by atoms with Gasteiger partial charge in [-0.15, -0.1) is 0 Å². The van der Waals surface area contributed by atoms with Gasteiger partial charge in [-0.3, -0.25) is 4.68 Å². The second kappa shape index (κ2) is 8.37. The molecule has 0 aromatic carbocycles. The summed E-state index contributed by atoms with van der Waals surface area (Å²) in [4.78, 5) is 1.77. The first-order valence-corrected chi connectivity index (χ1v) is 11.2. The van der Waals surface area contributed by atoms with Gasteiger partial charge in [0.15, 0.2) is 6.19 Å². The molecule has 0 radical (unpaired) electrons. The van der Waals surface area contributed by atoms with Gasteiger partial charge < -0.3 is 9.64 Å². The number of halogens is 1. The molecule has 1 aliphatic heterocycles. The molecular formula is C23H23ClN8O. The van der Waals surface area contributed by atoms with Crippen molar-refractivity contribution in [3.63, 3.8) is 0 Å². The van der Waals surface area contributed by atoms with Crippen LogP contribution in [-0.4, -0.2) is 47.6 Å². The van der Waals surface area contributed by atoms with E-state index in [0.29, 0.717) is 35.9 Å².